The first-order chi connectivity index (χ1) is 8.61. The molecule has 0 aliphatic rings. The van der Waals surface area contributed by atoms with Crippen LogP contribution in [0.3, 0.4) is 0 Å². The summed E-state index contributed by atoms with van der Waals surface area (Å²) in [6.07, 6.45) is 0. The Morgan fingerprint density at radius 2 is 1.83 bits per heavy atom. The van der Waals surface area contributed by atoms with Gasteiger partial charge in [0.05, 0.1) is 11.3 Å². The Hall–Kier alpha value is -1.86. The van der Waals surface area contributed by atoms with Gasteiger partial charge in [0.2, 0.25) is 0 Å². The minimum absolute atomic E-state index is 0.276. The van der Waals surface area contributed by atoms with Crippen LogP contribution in [-0.4, -0.2) is 7.05 Å². The summed E-state index contributed by atoms with van der Waals surface area (Å²) < 4.78 is 13.8. The number of rotatable bonds is 2. The molecule has 2 aromatic carbocycles. The lowest BCUT2D eigenvalue weighted by molar-refractivity contribution is 0.628. The predicted molar refractivity (Wildman–Crippen MR) is 73.3 cm³/mol. The molecule has 0 spiro atoms. The van der Waals surface area contributed by atoms with E-state index in [0.29, 0.717) is 5.56 Å². The first-order valence-electron chi connectivity index (χ1n) is 5.31. The van der Waals surface area contributed by atoms with Gasteiger partial charge in [-0.25, -0.2) is 4.39 Å². The molecule has 0 fully saturated rings. The van der Waals surface area contributed by atoms with Crippen LogP contribution in [0.1, 0.15) is 5.56 Å². The quantitative estimate of drug-likeness (QED) is 0.830. The van der Waals surface area contributed by atoms with Gasteiger partial charge in [-0.2, -0.15) is 5.26 Å². The monoisotopic (exact) mass is 304 g/mol. The Morgan fingerprint density at radius 3 is 2.44 bits per heavy atom. The zero-order valence-corrected chi connectivity index (χ0v) is 11.3. The molecule has 0 saturated heterocycles. The molecular formula is C14H10BrFN2. The van der Waals surface area contributed by atoms with Crippen molar-refractivity contribution in [3.8, 4) is 6.07 Å². The highest BCUT2D eigenvalue weighted by molar-refractivity contribution is 9.10. The summed E-state index contributed by atoms with van der Waals surface area (Å²) in [5.41, 5.74) is 2.18. The summed E-state index contributed by atoms with van der Waals surface area (Å²) in [7, 11) is 1.84. The fourth-order valence-electron chi connectivity index (χ4n) is 1.68. The molecule has 4 heteroatoms. The molecule has 0 saturated carbocycles. The van der Waals surface area contributed by atoms with Crippen LogP contribution in [0.2, 0.25) is 0 Å². The van der Waals surface area contributed by atoms with Crippen molar-refractivity contribution in [1.82, 2.24) is 0 Å². The molecule has 0 N–H and O–H groups in total. The third-order valence-corrected chi connectivity index (χ3v) is 3.15. The molecule has 0 heterocycles. The van der Waals surface area contributed by atoms with Gasteiger partial charge >= 0.3 is 0 Å². The molecule has 0 aromatic heterocycles. The van der Waals surface area contributed by atoms with Crippen LogP contribution in [0.25, 0.3) is 0 Å². The van der Waals surface area contributed by atoms with Crippen LogP contribution < -0.4 is 4.90 Å². The molecule has 0 bridgehead atoms. The Morgan fingerprint density at radius 1 is 1.17 bits per heavy atom. The average Bonchev–Trinajstić information content (AvgIpc) is 2.39. The van der Waals surface area contributed by atoms with Gasteiger partial charge < -0.3 is 4.90 Å². The number of halogens is 2. The summed E-state index contributed by atoms with van der Waals surface area (Å²) in [5, 5.41) is 9.10. The normalized spacial score (nSPS) is 9.89. The number of hydrogen-bond donors (Lipinski definition) is 0. The second-order valence-electron chi connectivity index (χ2n) is 3.81. The molecular weight excluding hydrogens is 295 g/mol. The smallest absolute Gasteiger partial charge is 0.123 e. The Labute approximate surface area is 113 Å². The second kappa shape index (κ2) is 5.19. The van der Waals surface area contributed by atoms with Crippen molar-refractivity contribution >= 4 is 27.3 Å². The van der Waals surface area contributed by atoms with Crippen molar-refractivity contribution in [2.24, 2.45) is 0 Å². The highest BCUT2D eigenvalue weighted by Gasteiger charge is 2.09. The second-order valence-corrected chi connectivity index (χ2v) is 4.72. The minimum atomic E-state index is -0.276. The van der Waals surface area contributed by atoms with Crippen molar-refractivity contribution in [1.29, 1.82) is 5.26 Å². The van der Waals surface area contributed by atoms with Crippen LogP contribution in [0.5, 0.6) is 0 Å². The topological polar surface area (TPSA) is 27.0 Å². The van der Waals surface area contributed by atoms with Gasteiger partial charge in [0, 0.05) is 17.2 Å². The van der Waals surface area contributed by atoms with Gasteiger partial charge in [0.25, 0.3) is 0 Å². The summed E-state index contributed by atoms with van der Waals surface area (Å²) >= 11 is 3.38. The lowest BCUT2D eigenvalue weighted by Gasteiger charge is -2.20. The van der Waals surface area contributed by atoms with Crippen LogP contribution in [-0.2, 0) is 0 Å². The Kier molecular flexibility index (Phi) is 3.63. The van der Waals surface area contributed by atoms with E-state index >= 15 is 0 Å². The maximum Gasteiger partial charge on any atom is 0.123 e. The highest BCUT2D eigenvalue weighted by atomic mass is 79.9. The van der Waals surface area contributed by atoms with Crippen LogP contribution in [0, 0.1) is 17.1 Å². The third kappa shape index (κ3) is 2.52. The molecule has 0 amide bonds. The third-order valence-electron chi connectivity index (χ3n) is 2.66. The summed E-state index contributed by atoms with van der Waals surface area (Å²) in [6.45, 7) is 0. The van der Waals surface area contributed by atoms with E-state index in [0.717, 1.165) is 15.8 Å². The number of benzene rings is 2. The van der Waals surface area contributed by atoms with E-state index in [9.17, 15) is 4.39 Å². The van der Waals surface area contributed by atoms with E-state index in [2.05, 4.69) is 22.0 Å². The number of hydrogen-bond acceptors (Lipinski definition) is 2. The Bertz CT molecular complexity index is 602. The average molecular weight is 305 g/mol. The van der Waals surface area contributed by atoms with Gasteiger partial charge in [-0.05, 0) is 42.5 Å². The van der Waals surface area contributed by atoms with E-state index in [1.54, 1.807) is 18.2 Å². The molecule has 0 unspecified atom stereocenters. The van der Waals surface area contributed by atoms with Crippen LogP contribution in [0.15, 0.2) is 46.9 Å². The maximum absolute atomic E-state index is 12.9. The van der Waals surface area contributed by atoms with Gasteiger partial charge in [0.1, 0.15) is 11.9 Å². The lowest BCUT2D eigenvalue weighted by Crippen LogP contribution is -2.11. The predicted octanol–water partition coefficient (Wildman–Crippen LogP) is 4.23. The fraction of sp³-hybridized carbons (Fsp3) is 0.0714. The molecule has 18 heavy (non-hydrogen) atoms. The van der Waals surface area contributed by atoms with Gasteiger partial charge in [-0.1, -0.05) is 15.9 Å². The largest absolute Gasteiger partial charge is 0.344 e. The zero-order valence-electron chi connectivity index (χ0n) is 9.69. The van der Waals surface area contributed by atoms with Crippen molar-refractivity contribution in [3.05, 3.63) is 58.3 Å². The molecule has 0 aliphatic heterocycles. The minimum Gasteiger partial charge on any atom is -0.344 e. The molecule has 2 aromatic rings. The van der Waals surface area contributed by atoms with Crippen molar-refractivity contribution in [2.75, 3.05) is 11.9 Å². The van der Waals surface area contributed by atoms with E-state index in [1.807, 2.05) is 24.1 Å². The molecule has 0 atom stereocenters. The SMILES string of the molecule is CN(c1ccc(F)cc1)c1cc(Br)ccc1C#N. The van der Waals surface area contributed by atoms with Crippen LogP contribution >= 0.6 is 15.9 Å². The van der Waals surface area contributed by atoms with E-state index < -0.39 is 0 Å². The zero-order chi connectivity index (χ0) is 13.1. The fourth-order valence-corrected chi connectivity index (χ4v) is 2.03. The number of anilines is 2. The maximum atomic E-state index is 12.9. The van der Waals surface area contributed by atoms with Crippen molar-refractivity contribution in [3.63, 3.8) is 0 Å². The van der Waals surface area contributed by atoms with E-state index in [-0.39, 0.29) is 5.82 Å². The van der Waals surface area contributed by atoms with E-state index in [1.165, 1.54) is 12.1 Å². The van der Waals surface area contributed by atoms with Gasteiger partial charge in [-0.15, -0.1) is 0 Å². The molecule has 2 nitrogen and oxygen atoms in total. The Balaban J connectivity index is 2.45. The highest BCUT2D eigenvalue weighted by Crippen LogP contribution is 2.29. The van der Waals surface area contributed by atoms with Crippen molar-refractivity contribution in [2.45, 2.75) is 0 Å². The number of nitrogens with zero attached hydrogens (tertiary/aromatic N) is 2. The van der Waals surface area contributed by atoms with Crippen molar-refractivity contribution < 1.29 is 4.39 Å². The summed E-state index contributed by atoms with van der Waals surface area (Å²) in [5.74, 6) is -0.276. The molecule has 0 aliphatic carbocycles. The van der Waals surface area contributed by atoms with E-state index in [4.69, 9.17) is 5.26 Å². The molecule has 0 radical (unpaired) electrons. The van der Waals surface area contributed by atoms with Gasteiger partial charge in [0.15, 0.2) is 0 Å². The van der Waals surface area contributed by atoms with Crippen LogP contribution in [0.4, 0.5) is 15.8 Å². The molecule has 2 rings (SSSR count). The first kappa shape index (κ1) is 12.6. The summed E-state index contributed by atoms with van der Waals surface area (Å²) in [6, 6.07) is 13.7. The summed E-state index contributed by atoms with van der Waals surface area (Å²) in [4.78, 5) is 1.85. The lowest BCUT2D eigenvalue weighted by atomic mass is 10.1. The standard InChI is InChI=1S/C14H10BrFN2/c1-18(13-6-4-12(16)5-7-13)14-8-11(15)3-2-10(14)9-17/h2-8H,1H3. The number of nitriles is 1. The first-order valence-corrected chi connectivity index (χ1v) is 6.10. The van der Waals surface area contributed by atoms with Gasteiger partial charge in [-0.3, -0.25) is 0 Å². The molecule has 90 valence electrons.